The quantitative estimate of drug-likeness (QED) is 0.487. The van der Waals surface area contributed by atoms with E-state index in [9.17, 15) is 4.39 Å². The fraction of sp³-hybridized carbons (Fsp3) is 0. The normalized spacial score (nSPS) is 9.73. The lowest BCUT2D eigenvalue weighted by atomic mass is 10.3. The van der Waals surface area contributed by atoms with Crippen LogP contribution in [-0.2, 0) is 0 Å². The zero-order valence-corrected chi connectivity index (χ0v) is 13.6. The summed E-state index contributed by atoms with van der Waals surface area (Å²) in [6.45, 7) is 0. The van der Waals surface area contributed by atoms with E-state index in [0.29, 0.717) is 15.8 Å². The van der Waals surface area contributed by atoms with Crippen molar-refractivity contribution in [1.29, 1.82) is 0 Å². The molecule has 2 rings (SSSR count). The molecule has 0 spiro atoms. The summed E-state index contributed by atoms with van der Waals surface area (Å²) in [6, 6.07) is 13.0. The van der Waals surface area contributed by atoms with E-state index in [1.165, 1.54) is 12.1 Å². The van der Waals surface area contributed by atoms with Gasteiger partial charge in [0.2, 0.25) is 0 Å². The van der Waals surface area contributed by atoms with Gasteiger partial charge in [-0.15, -0.1) is 0 Å². The van der Waals surface area contributed by atoms with Gasteiger partial charge in [-0.1, -0.05) is 17.7 Å². The highest BCUT2D eigenvalue weighted by atomic mass is 35.5. The van der Waals surface area contributed by atoms with Crippen molar-refractivity contribution >= 4 is 57.6 Å². The lowest BCUT2D eigenvalue weighted by Crippen LogP contribution is -2.45. The predicted molar refractivity (Wildman–Crippen MR) is 96.6 cm³/mol. The minimum atomic E-state index is -0.347. The van der Waals surface area contributed by atoms with Crippen LogP contribution in [0.25, 0.3) is 0 Å². The van der Waals surface area contributed by atoms with Crippen molar-refractivity contribution < 1.29 is 4.39 Å². The fourth-order valence-corrected chi connectivity index (χ4v) is 2.00. The third-order valence-electron chi connectivity index (χ3n) is 2.47. The molecule has 114 valence electrons. The first-order chi connectivity index (χ1) is 10.5. The van der Waals surface area contributed by atoms with Gasteiger partial charge in [-0.05, 0) is 66.9 Å². The molecule has 0 bridgehead atoms. The molecule has 0 aromatic heterocycles. The summed E-state index contributed by atoms with van der Waals surface area (Å²) >= 11 is 16.0. The molecule has 2 aromatic carbocycles. The summed E-state index contributed by atoms with van der Waals surface area (Å²) in [5, 5.41) is 6.99. The highest BCUT2D eigenvalue weighted by Gasteiger charge is 2.01. The molecule has 0 amide bonds. The summed E-state index contributed by atoms with van der Waals surface area (Å²) < 4.78 is 13.0. The van der Waals surface area contributed by atoms with Gasteiger partial charge in [-0.3, -0.25) is 10.9 Å². The third kappa shape index (κ3) is 5.44. The maximum absolute atomic E-state index is 13.0. The van der Waals surface area contributed by atoms with Crippen molar-refractivity contribution in [3.8, 4) is 0 Å². The van der Waals surface area contributed by atoms with Crippen LogP contribution in [-0.4, -0.2) is 10.2 Å². The zero-order valence-electron chi connectivity index (χ0n) is 11.2. The lowest BCUT2D eigenvalue weighted by molar-refractivity contribution is 0.628. The summed E-state index contributed by atoms with van der Waals surface area (Å²) in [6.07, 6.45) is 0. The molecule has 0 radical (unpaired) electrons. The Morgan fingerprint density at radius 1 is 0.864 bits per heavy atom. The molecule has 2 aromatic rings. The first kappa shape index (κ1) is 16.4. The van der Waals surface area contributed by atoms with Crippen LogP contribution in [0.1, 0.15) is 0 Å². The Balaban J connectivity index is 1.78. The number of thiocarbonyl (C=S) groups is 2. The number of nitrogens with one attached hydrogen (secondary N) is 4. The van der Waals surface area contributed by atoms with Gasteiger partial charge in [0, 0.05) is 16.4 Å². The highest BCUT2D eigenvalue weighted by Crippen LogP contribution is 2.13. The molecule has 0 heterocycles. The SMILES string of the molecule is Fc1cccc(NC(=S)NNC(=S)Nc2ccc(Cl)cc2)c1. The third-order valence-corrected chi connectivity index (χ3v) is 3.13. The van der Waals surface area contributed by atoms with Crippen molar-refractivity contribution in [2.24, 2.45) is 0 Å². The topological polar surface area (TPSA) is 48.1 Å². The minimum absolute atomic E-state index is 0.255. The van der Waals surface area contributed by atoms with Gasteiger partial charge < -0.3 is 10.6 Å². The van der Waals surface area contributed by atoms with Crippen LogP contribution >= 0.6 is 36.0 Å². The van der Waals surface area contributed by atoms with Crippen LogP contribution in [0, 0.1) is 5.82 Å². The molecule has 0 saturated heterocycles. The average Bonchev–Trinajstić information content (AvgIpc) is 2.48. The summed E-state index contributed by atoms with van der Waals surface area (Å²) in [5.41, 5.74) is 6.74. The lowest BCUT2D eigenvalue weighted by Gasteiger charge is -2.14. The number of hydrazine groups is 1. The second-order valence-electron chi connectivity index (χ2n) is 4.18. The molecule has 4 nitrogen and oxygen atoms in total. The van der Waals surface area contributed by atoms with E-state index in [1.807, 2.05) is 0 Å². The minimum Gasteiger partial charge on any atom is -0.331 e. The Morgan fingerprint density at radius 2 is 1.45 bits per heavy atom. The Morgan fingerprint density at radius 3 is 2.05 bits per heavy atom. The van der Waals surface area contributed by atoms with Crippen LogP contribution in [0.3, 0.4) is 0 Å². The predicted octanol–water partition coefficient (Wildman–Crippen LogP) is 3.67. The molecule has 0 fully saturated rings. The second-order valence-corrected chi connectivity index (χ2v) is 5.43. The van der Waals surface area contributed by atoms with Gasteiger partial charge in [0.1, 0.15) is 5.82 Å². The first-order valence-corrected chi connectivity index (χ1v) is 7.37. The van der Waals surface area contributed by atoms with Crippen LogP contribution in [0.5, 0.6) is 0 Å². The van der Waals surface area contributed by atoms with Gasteiger partial charge in [-0.25, -0.2) is 4.39 Å². The smallest absolute Gasteiger partial charge is 0.189 e. The second kappa shape index (κ2) is 7.88. The summed E-state index contributed by atoms with van der Waals surface area (Å²) in [4.78, 5) is 0. The van der Waals surface area contributed by atoms with E-state index in [2.05, 4.69) is 21.5 Å². The first-order valence-electron chi connectivity index (χ1n) is 6.18. The van der Waals surface area contributed by atoms with Crippen molar-refractivity contribution in [3.05, 3.63) is 59.4 Å². The molecular weight excluding hydrogens is 343 g/mol. The van der Waals surface area contributed by atoms with Crippen molar-refractivity contribution in [3.63, 3.8) is 0 Å². The Bertz CT molecular complexity index is 679. The number of rotatable bonds is 2. The zero-order chi connectivity index (χ0) is 15.9. The maximum Gasteiger partial charge on any atom is 0.189 e. The van der Waals surface area contributed by atoms with E-state index in [0.717, 1.165) is 5.69 Å². The van der Waals surface area contributed by atoms with Gasteiger partial charge in [-0.2, -0.15) is 0 Å². The molecule has 0 unspecified atom stereocenters. The van der Waals surface area contributed by atoms with Gasteiger partial charge in [0.05, 0.1) is 0 Å². The molecule has 0 aliphatic rings. The number of anilines is 2. The summed E-state index contributed by atoms with van der Waals surface area (Å²) in [7, 11) is 0. The molecular formula is C14H12ClFN4S2. The van der Waals surface area contributed by atoms with Crippen molar-refractivity contribution in [2.75, 3.05) is 10.6 Å². The van der Waals surface area contributed by atoms with Crippen LogP contribution in [0.2, 0.25) is 5.02 Å². The largest absolute Gasteiger partial charge is 0.331 e. The van der Waals surface area contributed by atoms with Crippen LogP contribution in [0.15, 0.2) is 48.5 Å². The molecule has 0 aliphatic carbocycles. The number of hydrogen-bond donors (Lipinski definition) is 4. The summed E-state index contributed by atoms with van der Waals surface area (Å²) in [5.74, 6) is -0.347. The molecule has 0 aliphatic heterocycles. The van der Waals surface area contributed by atoms with Crippen molar-refractivity contribution in [2.45, 2.75) is 0 Å². The van der Waals surface area contributed by atoms with Gasteiger partial charge >= 0.3 is 0 Å². The van der Waals surface area contributed by atoms with E-state index >= 15 is 0 Å². The number of hydrogen-bond acceptors (Lipinski definition) is 2. The monoisotopic (exact) mass is 354 g/mol. The van der Waals surface area contributed by atoms with Gasteiger partial charge in [0.25, 0.3) is 0 Å². The highest BCUT2D eigenvalue weighted by molar-refractivity contribution is 7.81. The Labute approximate surface area is 143 Å². The molecule has 22 heavy (non-hydrogen) atoms. The van der Waals surface area contributed by atoms with E-state index in [1.54, 1.807) is 36.4 Å². The van der Waals surface area contributed by atoms with Crippen LogP contribution < -0.4 is 21.5 Å². The standard InChI is InChI=1S/C14H12ClFN4S2/c15-9-4-6-11(7-5-9)17-13(21)19-20-14(22)18-12-3-1-2-10(16)8-12/h1-8H,(H2,17,19,21)(H2,18,20,22). The van der Waals surface area contributed by atoms with E-state index in [4.69, 9.17) is 36.0 Å². The molecule has 4 N–H and O–H groups in total. The average molecular weight is 355 g/mol. The van der Waals surface area contributed by atoms with E-state index < -0.39 is 0 Å². The maximum atomic E-state index is 13.0. The Kier molecular flexibility index (Phi) is 5.88. The van der Waals surface area contributed by atoms with Crippen LogP contribution in [0.4, 0.5) is 15.8 Å². The number of halogens is 2. The molecule has 8 heteroatoms. The van der Waals surface area contributed by atoms with E-state index in [-0.39, 0.29) is 10.9 Å². The Hall–Kier alpha value is -1.96. The number of benzene rings is 2. The van der Waals surface area contributed by atoms with Crippen molar-refractivity contribution in [1.82, 2.24) is 10.9 Å². The molecule has 0 saturated carbocycles. The fourth-order valence-electron chi connectivity index (χ4n) is 1.54. The van der Waals surface area contributed by atoms with Gasteiger partial charge in [0.15, 0.2) is 10.2 Å². The molecule has 0 atom stereocenters.